The van der Waals surface area contributed by atoms with E-state index in [9.17, 15) is 18.3 Å². The second-order valence-corrected chi connectivity index (χ2v) is 9.38. The summed E-state index contributed by atoms with van der Waals surface area (Å²) >= 11 is 1.33. The zero-order valence-electron chi connectivity index (χ0n) is 14.5. The van der Waals surface area contributed by atoms with Crippen molar-refractivity contribution in [3.63, 3.8) is 0 Å². The van der Waals surface area contributed by atoms with E-state index in [0.717, 1.165) is 16.0 Å². The van der Waals surface area contributed by atoms with Crippen LogP contribution in [-0.4, -0.2) is 19.4 Å². The fraction of sp³-hybridized carbons (Fsp3) is 0.150. The Morgan fingerprint density at radius 2 is 1.74 bits per heavy atom. The topological polar surface area (TPSA) is 83.5 Å². The molecule has 0 unspecified atom stereocenters. The molecule has 27 heavy (non-hydrogen) atoms. The van der Waals surface area contributed by atoms with Gasteiger partial charge in [-0.1, -0.05) is 29.8 Å². The van der Waals surface area contributed by atoms with Crippen molar-refractivity contribution in [1.29, 1.82) is 0 Å². The molecule has 1 aliphatic heterocycles. The van der Waals surface area contributed by atoms with Crippen LogP contribution in [-0.2, 0) is 14.6 Å². The van der Waals surface area contributed by atoms with Crippen LogP contribution < -0.4 is 5.32 Å². The summed E-state index contributed by atoms with van der Waals surface area (Å²) < 4.78 is 26.2. The van der Waals surface area contributed by atoms with E-state index < -0.39 is 9.84 Å². The molecule has 2 N–H and O–H groups in total. The smallest absolute Gasteiger partial charge is 0.225 e. The van der Waals surface area contributed by atoms with Crippen molar-refractivity contribution in [1.82, 2.24) is 0 Å². The van der Waals surface area contributed by atoms with Crippen molar-refractivity contribution in [3.8, 4) is 5.75 Å². The van der Waals surface area contributed by atoms with E-state index >= 15 is 0 Å². The average molecular weight is 399 g/mol. The highest BCUT2D eigenvalue weighted by Crippen LogP contribution is 2.45. The zero-order chi connectivity index (χ0) is 19.2. The highest BCUT2D eigenvalue weighted by molar-refractivity contribution is 7.91. The first kappa shape index (κ1) is 17.8. The number of phenolic OH excluding ortho intramolecular Hbond substituents is 1. The number of fused-ring (bicyclic) bond motifs is 1. The van der Waals surface area contributed by atoms with Crippen LogP contribution in [0.5, 0.6) is 5.75 Å². The van der Waals surface area contributed by atoms with Crippen LogP contribution in [0.3, 0.4) is 0 Å². The van der Waals surface area contributed by atoms with E-state index in [-0.39, 0.29) is 33.8 Å². The van der Waals surface area contributed by atoms with Crippen LogP contribution in [0.1, 0.15) is 28.3 Å². The van der Waals surface area contributed by atoms with Crippen molar-refractivity contribution in [2.75, 3.05) is 5.32 Å². The lowest BCUT2D eigenvalue weighted by Crippen LogP contribution is -2.23. The summed E-state index contributed by atoms with van der Waals surface area (Å²) in [4.78, 5) is 13.4. The minimum Gasteiger partial charge on any atom is -0.508 e. The van der Waals surface area contributed by atoms with Gasteiger partial charge in [0.2, 0.25) is 15.7 Å². The Morgan fingerprint density at radius 1 is 1.07 bits per heavy atom. The average Bonchev–Trinajstić information content (AvgIpc) is 3.06. The van der Waals surface area contributed by atoms with Gasteiger partial charge in [-0.05, 0) is 36.8 Å². The Morgan fingerprint density at radius 3 is 2.41 bits per heavy atom. The number of carbonyl (C=O) groups excluding carboxylic acids is 1. The van der Waals surface area contributed by atoms with Crippen LogP contribution in [0.25, 0.3) is 0 Å². The first-order valence-electron chi connectivity index (χ1n) is 8.38. The third kappa shape index (κ3) is 3.13. The molecule has 0 bridgehead atoms. The van der Waals surface area contributed by atoms with E-state index in [4.69, 9.17) is 0 Å². The first-order valence-corrected chi connectivity index (χ1v) is 10.7. The van der Waals surface area contributed by atoms with Crippen molar-refractivity contribution in [2.45, 2.75) is 29.1 Å². The van der Waals surface area contributed by atoms with Gasteiger partial charge >= 0.3 is 0 Å². The number of phenols is 1. The molecule has 1 atom stereocenters. The van der Waals surface area contributed by atoms with Crippen molar-refractivity contribution >= 4 is 32.8 Å². The number of aromatic hydroxyl groups is 1. The zero-order valence-corrected chi connectivity index (χ0v) is 16.1. The Kier molecular flexibility index (Phi) is 4.28. The van der Waals surface area contributed by atoms with Gasteiger partial charge in [-0.3, -0.25) is 4.79 Å². The summed E-state index contributed by atoms with van der Waals surface area (Å²) in [5, 5.41) is 13.8. The van der Waals surface area contributed by atoms with E-state index in [1.807, 2.05) is 6.92 Å². The molecule has 2 heterocycles. The van der Waals surface area contributed by atoms with Gasteiger partial charge in [0.05, 0.1) is 10.6 Å². The predicted molar refractivity (Wildman–Crippen MR) is 104 cm³/mol. The third-order valence-corrected chi connectivity index (χ3v) is 7.71. The summed E-state index contributed by atoms with van der Waals surface area (Å²) in [6.07, 6.45) is 0.238. The number of rotatable bonds is 3. The lowest BCUT2D eigenvalue weighted by molar-refractivity contribution is -0.116. The van der Waals surface area contributed by atoms with Gasteiger partial charge in [-0.2, -0.15) is 0 Å². The van der Waals surface area contributed by atoms with Gasteiger partial charge < -0.3 is 10.4 Å². The number of amides is 1. The molecule has 2 aromatic carbocycles. The number of hydrogen-bond donors (Lipinski definition) is 2. The largest absolute Gasteiger partial charge is 0.508 e. The van der Waals surface area contributed by atoms with Gasteiger partial charge in [0.25, 0.3) is 0 Å². The summed E-state index contributed by atoms with van der Waals surface area (Å²) in [5.41, 5.74) is 2.21. The van der Waals surface area contributed by atoms with Gasteiger partial charge in [-0.25, -0.2) is 8.42 Å². The Labute approximate surface area is 161 Å². The van der Waals surface area contributed by atoms with Crippen LogP contribution in [0, 0.1) is 6.92 Å². The van der Waals surface area contributed by atoms with E-state index in [1.54, 1.807) is 53.9 Å². The Hall–Kier alpha value is -2.64. The molecule has 3 aromatic rings. The van der Waals surface area contributed by atoms with Crippen molar-refractivity contribution in [2.24, 2.45) is 0 Å². The minimum absolute atomic E-state index is 0.128. The molecule has 0 radical (unpaired) electrons. The fourth-order valence-corrected chi connectivity index (χ4v) is 6.13. The number of benzene rings is 2. The molecule has 1 amide bonds. The maximum absolute atomic E-state index is 13.1. The molecular weight excluding hydrogens is 382 g/mol. The van der Waals surface area contributed by atoms with Crippen LogP contribution in [0.15, 0.2) is 63.7 Å². The summed E-state index contributed by atoms with van der Waals surface area (Å²) in [6.45, 7) is 1.89. The number of sulfone groups is 1. The van der Waals surface area contributed by atoms with Gasteiger partial charge in [0, 0.05) is 22.6 Å². The number of nitrogens with one attached hydrogen (secondary N) is 1. The second kappa shape index (κ2) is 6.51. The lowest BCUT2D eigenvalue weighted by atomic mass is 9.91. The number of thiophene rings is 1. The number of anilines is 1. The number of aryl methyl sites for hydroxylation is 1. The van der Waals surface area contributed by atoms with Crippen LogP contribution >= 0.6 is 11.3 Å². The maximum atomic E-state index is 13.1. The lowest BCUT2D eigenvalue weighted by Gasteiger charge is -2.23. The standard InChI is InChI=1S/C20H17NO4S2/c1-12-2-8-15(9-3-12)27(24,25)17-11-26-20-16(10-18(23)21-19(17)20)13-4-6-14(22)7-5-13/h2-9,11,16,22H,10H2,1H3,(H,21,23)/t16-/m1/s1. The van der Waals surface area contributed by atoms with Crippen molar-refractivity contribution in [3.05, 3.63) is 69.9 Å². The monoisotopic (exact) mass is 399 g/mol. The van der Waals surface area contributed by atoms with Gasteiger partial charge in [0.15, 0.2) is 0 Å². The molecule has 0 fully saturated rings. The quantitative estimate of drug-likeness (QED) is 0.695. The summed E-state index contributed by atoms with van der Waals surface area (Å²) in [5.74, 6) is -0.311. The molecule has 0 saturated heterocycles. The Bertz CT molecular complexity index is 1110. The molecular formula is C20H17NO4S2. The molecule has 7 heteroatoms. The molecule has 1 aliphatic rings. The molecule has 138 valence electrons. The SMILES string of the molecule is Cc1ccc(S(=O)(=O)c2csc3c2NC(=O)C[C@@H]3c2ccc(O)cc2)cc1. The molecule has 0 spiro atoms. The molecule has 1 aromatic heterocycles. The number of carbonyl (C=O) groups is 1. The first-order chi connectivity index (χ1) is 12.9. The van der Waals surface area contributed by atoms with Crippen LogP contribution in [0.4, 0.5) is 5.69 Å². The molecule has 5 nitrogen and oxygen atoms in total. The minimum atomic E-state index is -3.73. The predicted octanol–water partition coefficient (Wildman–Crippen LogP) is 4.07. The highest BCUT2D eigenvalue weighted by atomic mass is 32.2. The summed E-state index contributed by atoms with van der Waals surface area (Å²) in [7, 11) is -3.73. The fourth-order valence-electron chi connectivity index (χ4n) is 3.22. The van der Waals surface area contributed by atoms with Gasteiger partial charge in [0.1, 0.15) is 10.6 Å². The summed E-state index contributed by atoms with van der Waals surface area (Å²) in [6, 6.07) is 13.3. The van der Waals surface area contributed by atoms with E-state index in [0.29, 0.717) is 5.69 Å². The van der Waals surface area contributed by atoms with E-state index in [1.165, 1.54) is 11.3 Å². The third-order valence-electron chi connectivity index (χ3n) is 4.67. The molecule has 0 saturated carbocycles. The molecule has 0 aliphatic carbocycles. The van der Waals surface area contributed by atoms with Gasteiger partial charge in [-0.15, -0.1) is 11.3 Å². The normalized spacial score (nSPS) is 16.6. The second-order valence-electron chi connectivity index (χ2n) is 6.55. The Balaban J connectivity index is 1.82. The highest BCUT2D eigenvalue weighted by Gasteiger charge is 2.34. The number of hydrogen-bond acceptors (Lipinski definition) is 5. The molecule has 4 rings (SSSR count). The van der Waals surface area contributed by atoms with Crippen molar-refractivity contribution < 1.29 is 18.3 Å². The van der Waals surface area contributed by atoms with Crippen LogP contribution in [0.2, 0.25) is 0 Å². The maximum Gasteiger partial charge on any atom is 0.225 e. The van der Waals surface area contributed by atoms with E-state index in [2.05, 4.69) is 5.32 Å².